The van der Waals surface area contributed by atoms with Gasteiger partial charge in [-0.2, -0.15) is 4.31 Å². The first kappa shape index (κ1) is 15.0. The summed E-state index contributed by atoms with van der Waals surface area (Å²) in [6.45, 7) is 6.94. The van der Waals surface area contributed by atoms with Gasteiger partial charge in [-0.25, -0.2) is 13.4 Å². The summed E-state index contributed by atoms with van der Waals surface area (Å²) in [7, 11) is -4.06. The summed E-state index contributed by atoms with van der Waals surface area (Å²) in [6, 6.07) is 2.41. The molecule has 0 unspecified atom stereocenters. The third kappa shape index (κ3) is 3.24. The Morgan fingerprint density at radius 1 is 1.37 bits per heavy atom. The Kier molecular flexibility index (Phi) is 4.90. The maximum Gasteiger partial charge on any atom is 0.308 e. The molecule has 0 radical (unpaired) electrons. The normalized spacial score (nSPS) is 11.2. The maximum atomic E-state index is 12.3. The number of hydrogen-bond donors (Lipinski definition) is 0. The van der Waals surface area contributed by atoms with E-state index in [4.69, 9.17) is 0 Å². The van der Waals surface area contributed by atoms with Gasteiger partial charge >= 0.3 is 5.69 Å². The van der Waals surface area contributed by atoms with Crippen molar-refractivity contribution in [3.63, 3.8) is 0 Å². The van der Waals surface area contributed by atoms with Crippen molar-refractivity contribution in [2.75, 3.05) is 13.1 Å². The van der Waals surface area contributed by atoms with Gasteiger partial charge in [0.2, 0.25) is 5.03 Å². The van der Waals surface area contributed by atoms with Crippen LogP contribution in [0, 0.1) is 10.1 Å². The fourth-order valence-corrected chi connectivity index (χ4v) is 2.85. The molecular weight excluding hydrogens is 270 g/mol. The number of pyridine rings is 1. The first-order chi connectivity index (χ1) is 8.95. The van der Waals surface area contributed by atoms with Gasteiger partial charge in [0.25, 0.3) is 10.0 Å². The lowest BCUT2D eigenvalue weighted by atomic mass is 10.4. The van der Waals surface area contributed by atoms with Crippen LogP contribution in [0.25, 0.3) is 0 Å². The molecule has 0 aliphatic carbocycles. The highest BCUT2D eigenvalue weighted by Gasteiger charge is 2.31. The van der Waals surface area contributed by atoms with Gasteiger partial charge in [-0.3, -0.25) is 10.1 Å². The van der Waals surface area contributed by atoms with Crippen molar-refractivity contribution in [1.29, 1.82) is 0 Å². The molecule has 102 valence electrons. The molecule has 0 atom stereocenters. The van der Waals surface area contributed by atoms with E-state index >= 15 is 0 Å². The lowest BCUT2D eigenvalue weighted by Gasteiger charge is -2.17. The van der Waals surface area contributed by atoms with Crippen LogP contribution in [-0.2, 0) is 10.0 Å². The summed E-state index contributed by atoms with van der Waals surface area (Å²) in [4.78, 5) is 13.7. The predicted octanol–water partition coefficient (Wildman–Crippen LogP) is 1.35. The molecule has 0 saturated carbocycles. The molecule has 0 spiro atoms. The van der Waals surface area contributed by atoms with E-state index in [0.717, 1.165) is 10.4 Å². The van der Waals surface area contributed by atoms with Crippen molar-refractivity contribution in [1.82, 2.24) is 9.29 Å². The average molecular weight is 283 g/mol. The van der Waals surface area contributed by atoms with Crippen molar-refractivity contribution in [2.45, 2.75) is 5.03 Å². The number of aromatic nitrogens is 1. The van der Waals surface area contributed by atoms with Crippen LogP contribution in [-0.4, -0.2) is 35.7 Å². The van der Waals surface area contributed by atoms with Crippen LogP contribution in [0.2, 0.25) is 0 Å². The third-order valence-electron chi connectivity index (χ3n) is 2.20. The Bertz CT molecular complexity index is 588. The monoisotopic (exact) mass is 283 g/mol. The van der Waals surface area contributed by atoms with Crippen LogP contribution >= 0.6 is 0 Å². The molecule has 1 heterocycles. The minimum Gasteiger partial charge on any atom is -0.258 e. The number of nitro groups is 1. The topological polar surface area (TPSA) is 93.4 Å². The quantitative estimate of drug-likeness (QED) is 0.428. The minimum atomic E-state index is -4.06. The highest BCUT2D eigenvalue weighted by Crippen LogP contribution is 2.23. The molecular formula is C11H13N3O4S. The van der Waals surface area contributed by atoms with Crippen LogP contribution in [0.1, 0.15) is 0 Å². The Balaban J connectivity index is 3.36. The van der Waals surface area contributed by atoms with Crippen LogP contribution < -0.4 is 0 Å². The molecule has 0 aliphatic heterocycles. The highest BCUT2D eigenvalue weighted by molar-refractivity contribution is 7.89. The lowest BCUT2D eigenvalue weighted by Crippen LogP contribution is -2.32. The summed E-state index contributed by atoms with van der Waals surface area (Å²) in [5.74, 6) is 0. The number of sulfonamides is 1. The Morgan fingerprint density at radius 2 is 1.95 bits per heavy atom. The van der Waals surface area contributed by atoms with Gasteiger partial charge in [-0.1, -0.05) is 12.2 Å². The lowest BCUT2D eigenvalue weighted by molar-refractivity contribution is -0.388. The van der Waals surface area contributed by atoms with E-state index in [2.05, 4.69) is 18.1 Å². The predicted molar refractivity (Wildman–Crippen MR) is 70.0 cm³/mol. The molecule has 0 N–H and O–H groups in total. The van der Waals surface area contributed by atoms with Crippen molar-refractivity contribution < 1.29 is 13.3 Å². The van der Waals surface area contributed by atoms with Gasteiger partial charge in [-0.15, -0.1) is 13.2 Å². The zero-order chi connectivity index (χ0) is 14.5. The summed E-state index contributed by atoms with van der Waals surface area (Å²) in [5, 5.41) is 10.3. The zero-order valence-corrected chi connectivity index (χ0v) is 10.9. The first-order valence-electron chi connectivity index (χ1n) is 5.26. The van der Waals surface area contributed by atoms with Crippen molar-refractivity contribution in [3.05, 3.63) is 53.8 Å². The Labute approximate surface area is 111 Å². The molecule has 19 heavy (non-hydrogen) atoms. The van der Waals surface area contributed by atoms with E-state index in [-0.39, 0.29) is 13.1 Å². The van der Waals surface area contributed by atoms with E-state index in [1.54, 1.807) is 0 Å². The molecule has 0 aliphatic rings. The Morgan fingerprint density at radius 3 is 2.42 bits per heavy atom. The van der Waals surface area contributed by atoms with Crippen LogP contribution in [0.3, 0.4) is 0 Å². The molecule has 0 fully saturated rings. The summed E-state index contributed by atoms with van der Waals surface area (Å²) in [6.07, 6.45) is 3.96. The molecule has 1 aromatic heterocycles. The van der Waals surface area contributed by atoms with Crippen LogP contribution in [0.4, 0.5) is 5.69 Å². The van der Waals surface area contributed by atoms with E-state index in [1.807, 2.05) is 0 Å². The average Bonchev–Trinajstić information content (AvgIpc) is 2.38. The van der Waals surface area contributed by atoms with E-state index < -0.39 is 25.7 Å². The second-order valence-corrected chi connectivity index (χ2v) is 5.34. The van der Waals surface area contributed by atoms with Gasteiger partial charge in [0, 0.05) is 25.4 Å². The zero-order valence-electron chi connectivity index (χ0n) is 10.1. The summed E-state index contributed by atoms with van der Waals surface area (Å²) < 4.78 is 25.6. The number of rotatable bonds is 7. The second-order valence-electron chi connectivity index (χ2n) is 3.48. The third-order valence-corrected chi connectivity index (χ3v) is 3.98. The fraction of sp³-hybridized carbons (Fsp3) is 0.182. The van der Waals surface area contributed by atoms with E-state index in [1.165, 1.54) is 24.4 Å². The number of hydrogen-bond acceptors (Lipinski definition) is 5. The van der Waals surface area contributed by atoms with Crippen molar-refractivity contribution in [2.24, 2.45) is 0 Å². The minimum absolute atomic E-state index is 0.0160. The van der Waals surface area contributed by atoms with E-state index in [9.17, 15) is 18.5 Å². The Hall–Kier alpha value is -2.06. The molecule has 0 saturated heterocycles. The van der Waals surface area contributed by atoms with Crippen LogP contribution in [0.5, 0.6) is 0 Å². The largest absolute Gasteiger partial charge is 0.308 e. The van der Waals surface area contributed by atoms with Crippen molar-refractivity contribution >= 4 is 15.7 Å². The fourth-order valence-electron chi connectivity index (χ4n) is 1.40. The molecule has 1 rings (SSSR count). The van der Waals surface area contributed by atoms with Crippen LogP contribution in [0.15, 0.2) is 48.7 Å². The van der Waals surface area contributed by atoms with Gasteiger partial charge in [0.1, 0.15) is 0 Å². The second kappa shape index (κ2) is 6.21. The number of nitrogens with zero attached hydrogens (tertiary/aromatic N) is 3. The molecule has 0 aromatic carbocycles. The smallest absolute Gasteiger partial charge is 0.258 e. The maximum absolute atomic E-state index is 12.3. The van der Waals surface area contributed by atoms with Gasteiger partial charge in [-0.05, 0) is 6.07 Å². The first-order valence-corrected chi connectivity index (χ1v) is 6.70. The van der Waals surface area contributed by atoms with E-state index in [0.29, 0.717) is 0 Å². The summed E-state index contributed by atoms with van der Waals surface area (Å²) in [5.41, 5.74) is -0.555. The molecule has 0 amide bonds. The summed E-state index contributed by atoms with van der Waals surface area (Å²) >= 11 is 0. The molecule has 8 heteroatoms. The highest BCUT2D eigenvalue weighted by atomic mass is 32.2. The molecule has 1 aromatic rings. The van der Waals surface area contributed by atoms with Crippen molar-refractivity contribution in [3.8, 4) is 0 Å². The SMILES string of the molecule is C=CCN(CC=C)S(=O)(=O)c1ncccc1[N+](=O)[O-]. The van der Waals surface area contributed by atoms with Gasteiger partial charge in [0.05, 0.1) is 4.92 Å². The standard InChI is InChI=1S/C11H13N3O4S/c1-3-8-13(9-4-2)19(17,18)11-10(14(15)16)6-5-7-12-11/h3-7H,1-2,8-9H2. The van der Waals surface area contributed by atoms with Gasteiger partial charge in [0.15, 0.2) is 0 Å². The van der Waals surface area contributed by atoms with Gasteiger partial charge < -0.3 is 0 Å². The molecule has 0 bridgehead atoms. The molecule has 7 nitrogen and oxygen atoms in total.